The molecule has 2 aromatic rings. The summed E-state index contributed by atoms with van der Waals surface area (Å²) in [7, 11) is 0. The number of benzene rings is 2. The van der Waals surface area contributed by atoms with E-state index in [9.17, 15) is 5.11 Å². The molecule has 1 N–H and O–H groups in total. The minimum atomic E-state index is -0.540. The van der Waals surface area contributed by atoms with E-state index in [2.05, 4.69) is 40.2 Å². The lowest BCUT2D eigenvalue weighted by Gasteiger charge is -2.14. The van der Waals surface area contributed by atoms with Gasteiger partial charge in [-0.05, 0) is 66.1 Å². The number of rotatable bonds is 2. The van der Waals surface area contributed by atoms with Crippen LogP contribution in [0.5, 0.6) is 0 Å². The molecule has 1 nitrogen and oxygen atoms in total. The molecular formula is C17H17BrO. The van der Waals surface area contributed by atoms with E-state index in [1.165, 1.54) is 24.0 Å². The van der Waals surface area contributed by atoms with Crippen LogP contribution in [0.4, 0.5) is 0 Å². The summed E-state index contributed by atoms with van der Waals surface area (Å²) in [6.07, 6.45) is 3.03. The van der Waals surface area contributed by atoms with E-state index in [0.29, 0.717) is 0 Å². The Morgan fingerprint density at radius 3 is 2.58 bits per heavy atom. The molecule has 0 amide bonds. The molecule has 0 heterocycles. The molecule has 0 radical (unpaired) electrons. The second kappa shape index (κ2) is 5.10. The van der Waals surface area contributed by atoms with Gasteiger partial charge in [-0.1, -0.05) is 40.2 Å². The van der Waals surface area contributed by atoms with Gasteiger partial charge < -0.3 is 5.11 Å². The summed E-state index contributed by atoms with van der Waals surface area (Å²) in [4.78, 5) is 0. The molecule has 1 atom stereocenters. The molecule has 0 spiro atoms. The number of aliphatic hydroxyl groups excluding tert-OH is 1. The maximum atomic E-state index is 10.6. The quantitative estimate of drug-likeness (QED) is 0.874. The molecule has 98 valence electrons. The zero-order valence-corrected chi connectivity index (χ0v) is 12.6. The van der Waals surface area contributed by atoms with Crippen LogP contribution in [-0.2, 0) is 12.8 Å². The molecule has 0 bridgehead atoms. The van der Waals surface area contributed by atoms with Gasteiger partial charge in [-0.25, -0.2) is 0 Å². The van der Waals surface area contributed by atoms with E-state index < -0.39 is 6.10 Å². The first-order chi connectivity index (χ1) is 9.13. The van der Waals surface area contributed by atoms with Crippen molar-refractivity contribution in [3.8, 4) is 0 Å². The fourth-order valence-corrected chi connectivity index (χ4v) is 3.50. The predicted molar refractivity (Wildman–Crippen MR) is 81.4 cm³/mol. The van der Waals surface area contributed by atoms with E-state index in [4.69, 9.17) is 0 Å². The molecule has 0 saturated carbocycles. The average Bonchev–Trinajstić information content (AvgIpc) is 2.83. The Morgan fingerprint density at radius 2 is 1.79 bits per heavy atom. The number of aliphatic hydroxyl groups is 1. The number of hydrogen-bond donors (Lipinski definition) is 1. The van der Waals surface area contributed by atoms with Crippen molar-refractivity contribution >= 4 is 15.9 Å². The van der Waals surface area contributed by atoms with Crippen LogP contribution in [0.1, 0.15) is 40.3 Å². The highest BCUT2D eigenvalue weighted by atomic mass is 79.9. The first-order valence-electron chi connectivity index (χ1n) is 6.70. The van der Waals surface area contributed by atoms with Gasteiger partial charge in [0.1, 0.15) is 6.10 Å². The Balaban J connectivity index is 1.97. The van der Waals surface area contributed by atoms with E-state index >= 15 is 0 Å². The molecule has 0 saturated heterocycles. The summed E-state index contributed by atoms with van der Waals surface area (Å²) in [5, 5.41) is 10.6. The van der Waals surface area contributed by atoms with Crippen molar-refractivity contribution in [1.29, 1.82) is 0 Å². The lowest BCUT2D eigenvalue weighted by Crippen LogP contribution is -2.01. The Bertz CT molecular complexity index is 598. The van der Waals surface area contributed by atoms with Gasteiger partial charge in [0.2, 0.25) is 0 Å². The summed E-state index contributed by atoms with van der Waals surface area (Å²) in [6, 6.07) is 12.5. The molecule has 1 aliphatic rings. The fourth-order valence-electron chi connectivity index (χ4n) is 2.88. The van der Waals surface area contributed by atoms with Gasteiger partial charge in [0.15, 0.2) is 0 Å². The van der Waals surface area contributed by atoms with Gasteiger partial charge in [0, 0.05) is 4.47 Å². The Morgan fingerprint density at radius 1 is 1.00 bits per heavy atom. The van der Waals surface area contributed by atoms with Crippen molar-refractivity contribution in [2.24, 2.45) is 0 Å². The minimum absolute atomic E-state index is 0.540. The molecule has 19 heavy (non-hydrogen) atoms. The Hall–Kier alpha value is -1.12. The predicted octanol–water partition coefficient (Wildman–Crippen LogP) is 4.33. The van der Waals surface area contributed by atoms with Crippen molar-refractivity contribution in [1.82, 2.24) is 0 Å². The number of aryl methyl sites for hydroxylation is 3. The van der Waals surface area contributed by atoms with Crippen molar-refractivity contribution in [2.75, 3.05) is 0 Å². The lowest BCUT2D eigenvalue weighted by atomic mass is 9.97. The van der Waals surface area contributed by atoms with Gasteiger partial charge in [0.05, 0.1) is 0 Å². The molecule has 1 aliphatic carbocycles. The summed E-state index contributed by atoms with van der Waals surface area (Å²) in [5.41, 5.74) is 5.96. The monoisotopic (exact) mass is 316 g/mol. The summed E-state index contributed by atoms with van der Waals surface area (Å²) in [5.74, 6) is 0. The molecule has 0 aromatic heterocycles. The molecule has 2 heteroatoms. The van der Waals surface area contributed by atoms with Crippen LogP contribution >= 0.6 is 15.9 Å². The second-order valence-corrected chi connectivity index (χ2v) is 6.26. The van der Waals surface area contributed by atoms with Crippen LogP contribution < -0.4 is 0 Å². The minimum Gasteiger partial charge on any atom is -0.384 e. The Labute approximate surface area is 122 Å². The van der Waals surface area contributed by atoms with E-state index in [-0.39, 0.29) is 0 Å². The Kier molecular flexibility index (Phi) is 3.46. The third kappa shape index (κ3) is 2.60. The molecule has 2 aromatic carbocycles. The SMILES string of the molecule is Cc1cc(Br)cc(C(O)c2ccc3c(c2)CCC3)c1. The van der Waals surface area contributed by atoms with Gasteiger partial charge in [0.25, 0.3) is 0 Å². The average molecular weight is 317 g/mol. The normalized spacial score (nSPS) is 15.3. The zero-order chi connectivity index (χ0) is 13.4. The topological polar surface area (TPSA) is 20.2 Å². The third-order valence-electron chi connectivity index (χ3n) is 3.82. The van der Waals surface area contributed by atoms with Crippen LogP contribution in [-0.4, -0.2) is 5.11 Å². The van der Waals surface area contributed by atoms with Gasteiger partial charge in [-0.2, -0.15) is 0 Å². The molecule has 3 rings (SSSR count). The zero-order valence-electron chi connectivity index (χ0n) is 11.0. The summed E-state index contributed by atoms with van der Waals surface area (Å²) < 4.78 is 1.02. The lowest BCUT2D eigenvalue weighted by molar-refractivity contribution is 0.220. The van der Waals surface area contributed by atoms with Crippen LogP contribution in [0, 0.1) is 6.92 Å². The van der Waals surface area contributed by atoms with E-state index in [1.807, 2.05) is 19.1 Å². The molecule has 0 fully saturated rings. The standard InChI is InChI=1S/C17H17BrO/c1-11-7-15(10-16(18)8-11)17(19)14-6-5-12-3-2-4-13(12)9-14/h5-10,17,19H,2-4H2,1H3. The van der Waals surface area contributed by atoms with Gasteiger partial charge >= 0.3 is 0 Å². The highest BCUT2D eigenvalue weighted by molar-refractivity contribution is 9.10. The van der Waals surface area contributed by atoms with Gasteiger partial charge in [-0.15, -0.1) is 0 Å². The van der Waals surface area contributed by atoms with Crippen LogP contribution in [0.25, 0.3) is 0 Å². The first-order valence-corrected chi connectivity index (χ1v) is 7.49. The third-order valence-corrected chi connectivity index (χ3v) is 4.28. The smallest absolute Gasteiger partial charge is 0.104 e. The van der Waals surface area contributed by atoms with Crippen molar-refractivity contribution < 1.29 is 5.11 Å². The van der Waals surface area contributed by atoms with Crippen molar-refractivity contribution in [2.45, 2.75) is 32.3 Å². The highest BCUT2D eigenvalue weighted by Gasteiger charge is 2.16. The van der Waals surface area contributed by atoms with Crippen LogP contribution in [0.3, 0.4) is 0 Å². The number of hydrogen-bond acceptors (Lipinski definition) is 1. The fraction of sp³-hybridized carbons (Fsp3) is 0.294. The van der Waals surface area contributed by atoms with Crippen LogP contribution in [0.2, 0.25) is 0 Å². The summed E-state index contributed by atoms with van der Waals surface area (Å²) >= 11 is 3.49. The van der Waals surface area contributed by atoms with Gasteiger partial charge in [-0.3, -0.25) is 0 Å². The van der Waals surface area contributed by atoms with Crippen molar-refractivity contribution in [3.05, 3.63) is 68.7 Å². The first kappa shape index (κ1) is 12.9. The molecular weight excluding hydrogens is 300 g/mol. The number of fused-ring (bicyclic) bond motifs is 1. The van der Waals surface area contributed by atoms with E-state index in [0.717, 1.165) is 27.6 Å². The largest absolute Gasteiger partial charge is 0.384 e. The maximum Gasteiger partial charge on any atom is 0.104 e. The highest BCUT2D eigenvalue weighted by Crippen LogP contribution is 2.30. The van der Waals surface area contributed by atoms with Crippen LogP contribution in [0.15, 0.2) is 40.9 Å². The molecule has 0 aliphatic heterocycles. The second-order valence-electron chi connectivity index (χ2n) is 5.35. The van der Waals surface area contributed by atoms with E-state index in [1.54, 1.807) is 0 Å². The molecule has 1 unspecified atom stereocenters. The number of halogens is 1. The summed E-state index contributed by atoms with van der Waals surface area (Å²) in [6.45, 7) is 2.05. The van der Waals surface area contributed by atoms with Crippen molar-refractivity contribution in [3.63, 3.8) is 0 Å². The maximum absolute atomic E-state index is 10.6.